The maximum absolute atomic E-state index is 9.56. The third-order valence-electron chi connectivity index (χ3n) is 2.90. The van der Waals surface area contributed by atoms with Crippen LogP contribution in [0.2, 0.25) is 9.36 Å². The first kappa shape index (κ1) is 14.7. The highest BCUT2D eigenvalue weighted by Crippen LogP contribution is 2.29. The Hall–Kier alpha value is -0.740. The second-order valence-corrected chi connectivity index (χ2v) is 6.65. The molecule has 2 rings (SSSR count). The van der Waals surface area contributed by atoms with E-state index in [4.69, 9.17) is 23.2 Å². The summed E-state index contributed by atoms with van der Waals surface area (Å²) in [6, 6.07) is 9.62. The quantitative estimate of drug-likeness (QED) is 0.880. The predicted octanol–water partition coefficient (Wildman–Crippen LogP) is 4.74. The Bertz CT molecular complexity index is 568. The number of anilines is 1. The molecule has 0 saturated carbocycles. The number of thiophene rings is 1. The van der Waals surface area contributed by atoms with Crippen LogP contribution in [0.15, 0.2) is 30.3 Å². The number of rotatable bonds is 4. The van der Waals surface area contributed by atoms with Gasteiger partial charge in [0.2, 0.25) is 0 Å². The largest absolute Gasteiger partial charge is 0.389 e. The molecule has 0 saturated heterocycles. The first-order chi connectivity index (χ1) is 8.97. The molecule has 1 aromatic heterocycles. The molecular formula is C14H15Cl2NOS. The average molecular weight is 316 g/mol. The molecule has 0 aliphatic carbocycles. The number of nitrogens with zero attached hydrogens (tertiary/aromatic N) is 1. The molecule has 1 heterocycles. The van der Waals surface area contributed by atoms with Gasteiger partial charge in [-0.05, 0) is 36.8 Å². The fourth-order valence-electron chi connectivity index (χ4n) is 1.85. The highest BCUT2D eigenvalue weighted by atomic mass is 35.5. The van der Waals surface area contributed by atoms with Crippen LogP contribution in [0, 0.1) is 0 Å². The number of halogens is 2. The van der Waals surface area contributed by atoms with Gasteiger partial charge < -0.3 is 10.0 Å². The van der Waals surface area contributed by atoms with Crippen molar-refractivity contribution in [3.63, 3.8) is 0 Å². The van der Waals surface area contributed by atoms with Crippen LogP contribution in [0.4, 0.5) is 5.69 Å². The van der Waals surface area contributed by atoms with E-state index >= 15 is 0 Å². The molecule has 1 unspecified atom stereocenters. The maximum atomic E-state index is 9.56. The lowest BCUT2D eigenvalue weighted by Gasteiger charge is -2.20. The highest BCUT2D eigenvalue weighted by molar-refractivity contribution is 7.16. The van der Waals surface area contributed by atoms with Gasteiger partial charge in [-0.2, -0.15) is 0 Å². The van der Waals surface area contributed by atoms with E-state index in [0.717, 1.165) is 22.1 Å². The van der Waals surface area contributed by atoms with Gasteiger partial charge in [-0.1, -0.05) is 29.3 Å². The fraction of sp³-hybridized carbons (Fsp3) is 0.286. The average Bonchev–Trinajstić information content (AvgIpc) is 2.74. The zero-order valence-corrected chi connectivity index (χ0v) is 13.1. The third kappa shape index (κ3) is 3.63. The molecule has 5 heteroatoms. The van der Waals surface area contributed by atoms with Crippen LogP contribution in [0.25, 0.3) is 0 Å². The van der Waals surface area contributed by atoms with Crippen LogP contribution in [-0.2, 0) is 6.54 Å². The van der Waals surface area contributed by atoms with Gasteiger partial charge in [0.05, 0.1) is 17.0 Å². The highest BCUT2D eigenvalue weighted by Gasteiger charge is 2.10. The van der Waals surface area contributed by atoms with Gasteiger partial charge >= 0.3 is 0 Å². The molecule has 1 aromatic carbocycles. The molecule has 2 nitrogen and oxygen atoms in total. The Morgan fingerprint density at radius 3 is 2.53 bits per heavy atom. The van der Waals surface area contributed by atoms with Crippen molar-refractivity contribution in [2.75, 3.05) is 11.9 Å². The minimum absolute atomic E-state index is 0.553. The van der Waals surface area contributed by atoms with Gasteiger partial charge in [0.15, 0.2) is 0 Å². The van der Waals surface area contributed by atoms with Gasteiger partial charge in [-0.15, -0.1) is 11.3 Å². The molecule has 0 spiro atoms. The molecule has 0 aliphatic rings. The maximum Gasteiger partial charge on any atom is 0.0931 e. The molecular weight excluding hydrogens is 301 g/mol. The number of benzene rings is 1. The lowest BCUT2D eigenvalue weighted by Crippen LogP contribution is -2.15. The topological polar surface area (TPSA) is 23.5 Å². The number of hydrogen-bond acceptors (Lipinski definition) is 3. The summed E-state index contributed by atoms with van der Waals surface area (Å²) >= 11 is 13.7. The third-order valence-corrected chi connectivity index (χ3v) is 4.44. The minimum Gasteiger partial charge on any atom is -0.389 e. The summed E-state index contributed by atoms with van der Waals surface area (Å²) in [6.45, 7) is 2.49. The van der Waals surface area contributed by atoms with E-state index < -0.39 is 6.10 Å². The van der Waals surface area contributed by atoms with E-state index in [1.54, 1.807) is 18.3 Å². The van der Waals surface area contributed by atoms with E-state index in [1.165, 1.54) is 4.88 Å². The van der Waals surface area contributed by atoms with Crippen molar-refractivity contribution >= 4 is 40.2 Å². The van der Waals surface area contributed by atoms with Gasteiger partial charge in [0, 0.05) is 22.6 Å². The molecule has 0 amide bonds. The number of hydrogen-bond donors (Lipinski definition) is 1. The zero-order chi connectivity index (χ0) is 14.0. The second-order valence-electron chi connectivity index (χ2n) is 4.44. The first-order valence-electron chi connectivity index (χ1n) is 5.90. The van der Waals surface area contributed by atoms with E-state index in [-0.39, 0.29) is 0 Å². The van der Waals surface area contributed by atoms with Crippen molar-refractivity contribution in [1.29, 1.82) is 0 Å². The van der Waals surface area contributed by atoms with Crippen LogP contribution < -0.4 is 4.90 Å². The van der Waals surface area contributed by atoms with Gasteiger partial charge in [0.1, 0.15) is 0 Å². The van der Waals surface area contributed by atoms with Crippen LogP contribution >= 0.6 is 34.5 Å². The summed E-state index contributed by atoms with van der Waals surface area (Å²) in [4.78, 5) is 3.29. The molecule has 0 fully saturated rings. The summed E-state index contributed by atoms with van der Waals surface area (Å²) in [5, 5.41) is 10.1. The molecule has 1 N–H and O–H groups in total. The van der Waals surface area contributed by atoms with Crippen LogP contribution in [0.3, 0.4) is 0 Å². The Labute approximate surface area is 127 Å². The molecule has 19 heavy (non-hydrogen) atoms. The van der Waals surface area contributed by atoms with Gasteiger partial charge in [-0.25, -0.2) is 0 Å². The molecule has 0 radical (unpaired) electrons. The molecule has 2 aromatic rings. The SMILES string of the molecule is CC(O)c1ccc(N(C)Cc2ccc(Cl)s2)cc1Cl. The number of aliphatic hydroxyl groups is 1. The van der Waals surface area contributed by atoms with Crippen LogP contribution in [-0.4, -0.2) is 12.2 Å². The van der Waals surface area contributed by atoms with Crippen molar-refractivity contribution in [3.05, 3.63) is 50.1 Å². The summed E-state index contributed by atoms with van der Waals surface area (Å²) in [7, 11) is 2.00. The Balaban J connectivity index is 2.15. The second kappa shape index (κ2) is 6.14. The normalized spacial score (nSPS) is 12.5. The Morgan fingerprint density at radius 1 is 1.26 bits per heavy atom. The monoisotopic (exact) mass is 315 g/mol. The molecule has 1 atom stereocenters. The molecule has 102 valence electrons. The first-order valence-corrected chi connectivity index (χ1v) is 7.47. The summed E-state index contributed by atoms with van der Waals surface area (Å²) in [5.74, 6) is 0. The van der Waals surface area contributed by atoms with E-state index in [0.29, 0.717) is 5.02 Å². The van der Waals surface area contributed by atoms with E-state index in [9.17, 15) is 5.11 Å². The lowest BCUT2D eigenvalue weighted by atomic mass is 10.1. The molecule has 0 aliphatic heterocycles. The van der Waals surface area contributed by atoms with Gasteiger partial charge in [-0.3, -0.25) is 0 Å². The fourth-order valence-corrected chi connectivity index (χ4v) is 3.33. The van der Waals surface area contributed by atoms with Crippen LogP contribution in [0.1, 0.15) is 23.5 Å². The standard InChI is InChI=1S/C14H15Cl2NOS/c1-9(18)12-5-3-10(7-13(12)15)17(2)8-11-4-6-14(16)19-11/h3-7,9,18H,8H2,1-2H3. The zero-order valence-electron chi connectivity index (χ0n) is 10.7. The van der Waals surface area contributed by atoms with Crippen LogP contribution in [0.5, 0.6) is 0 Å². The number of aliphatic hydroxyl groups excluding tert-OH is 1. The Kier molecular flexibility index (Phi) is 4.74. The molecule has 0 bridgehead atoms. The van der Waals surface area contributed by atoms with E-state index in [2.05, 4.69) is 4.90 Å². The summed E-state index contributed by atoms with van der Waals surface area (Å²) < 4.78 is 0.797. The van der Waals surface area contributed by atoms with Crippen molar-refractivity contribution in [2.45, 2.75) is 19.6 Å². The predicted molar refractivity (Wildman–Crippen MR) is 83.5 cm³/mol. The minimum atomic E-state index is -0.553. The lowest BCUT2D eigenvalue weighted by molar-refractivity contribution is 0.199. The summed E-state index contributed by atoms with van der Waals surface area (Å²) in [6.07, 6.45) is -0.553. The van der Waals surface area contributed by atoms with Crippen molar-refractivity contribution in [1.82, 2.24) is 0 Å². The summed E-state index contributed by atoms with van der Waals surface area (Å²) in [5.41, 5.74) is 1.76. The van der Waals surface area contributed by atoms with Crippen molar-refractivity contribution in [3.8, 4) is 0 Å². The van der Waals surface area contributed by atoms with E-state index in [1.807, 2.05) is 37.4 Å². The van der Waals surface area contributed by atoms with Gasteiger partial charge in [0.25, 0.3) is 0 Å². The smallest absolute Gasteiger partial charge is 0.0931 e. The van der Waals surface area contributed by atoms with Crippen molar-refractivity contribution in [2.24, 2.45) is 0 Å². The Morgan fingerprint density at radius 2 is 2.00 bits per heavy atom. The van der Waals surface area contributed by atoms with Crippen molar-refractivity contribution < 1.29 is 5.11 Å².